The zero-order chi connectivity index (χ0) is 14.4. The molecule has 0 aliphatic rings. The van der Waals surface area contributed by atoms with Crippen LogP contribution in [0, 0.1) is 0 Å². The van der Waals surface area contributed by atoms with Crippen LogP contribution in [-0.4, -0.2) is 33.6 Å². The summed E-state index contributed by atoms with van der Waals surface area (Å²) in [7, 11) is 1.88. The summed E-state index contributed by atoms with van der Waals surface area (Å²) in [6, 6.07) is 4.13. The van der Waals surface area contributed by atoms with Crippen LogP contribution < -0.4 is 9.64 Å². The first kappa shape index (κ1) is 14.5. The molecule has 2 aromatic rings. The van der Waals surface area contributed by atoms with E-state index in [1.165, 1.54) is 0 Å². The van der Waals surface area contributed by atoms with E-state index in [1.807, 2.05) is 31.0 Å². The fourth-order valence-corrected chi connectivity index (χ4v) is 1.73. The Morgan fingerprint density at radius 2 is 1.95 bits per heavy atom. The van der Waals surface area contributed by atoms with Crippen molar-refractivity contribution in [2.75, 3.05) is 18.6 Å². The van der Waals surface area contributed by atoms with Crippen LogP contribution in [0.4, 0.5) is 5.95 Å². The molecule has 7 heteroatoms. The van der Waals surface area contributed by atoms with E-state index in [0.29, 0.717) is 19.1 Å². The van der Waals surface area contributed by atoms with Crippen molar-refractivity contribution in [1.29, 1.82) is 0 Å². The lowest BCUT2D eigenvalue weighted by Crippen LogP contribution is -2.20. The first-order chi connectivity index (χ1) is 9.69. The largest absolute Gasteiger partial charge is 0.463 e. The molecule has 0 atom stereocenters. The second-order valence-corrected chi connectivity index (χ2v) is 4.59. The second-order valence-electron chi connectivity index (χ2n) is 4.25. The maximum atomic E-state index is 5.90. The predicted molar refractivity (Wildman–Crippen MR) is 77.0 cm³/mol. The summed E-state index contributed by atoms with van der Waals surface area (Å²) < 4.78 is 5.39. The molecule has 6 nitrogen and oxygen atoms in total. The van der Waals surface area contributed by atoms with Crippen molar-refractivity contribution in [3.63, 3.8) is 0 Å². The summed E-state index contributed by atoms with van der Waals surface area (Å²) in [5, 5.41) is 0.127. The lowest BCUT2D eigenvalue weighted by molar-refractivity contribution is 0.291. The lowest BCUT2D eigenvalue weighted by Gasteiger charge is -2.17. The number of aromatic nitrogens is 4. The van der Waals surface area contributed by atoms with Crippen molar-refractivity contribution < 1.29 is 4.74 Å². The fourth-order valence-electron chi connectivity index (χ4n) is 1.58. The van der Waals surface area contributed by atoms with Gasteiger partial charge in [0.2, 0.25) is 11.2 Å². The average molecular weight is 294 g/mol. The Hall–Kier alpha value is -1.95. The van der Waals surface area contributed by atoms with Gasteiger partial charge in [0.25, 0.3) is 0 Å². The summed E-state index contributed by atoms with van der Waals surface area (Å²) >= 11 is 5.90. The number of pyridine rings is 1. The maximum absolute atomic E-state index is 5.90. The number of anilines is 1. The molecule has 0 bridgehead atoms. The van der Waals surface area contributed by atoms with Crippen molar-refractivity contribution >= 4 is 17.5 Å². The molecule has 0 unspecified atom stereocenters. The molecule has 0 fully saturated rings. The topological polar surface area (TPSA) is 64.0 Å². The molecule has 0 aromatic carbocycles. The number of rotatable bonds is 6. The Balaban J connectivity index is 2.12. The van der Waals surface area contributed by atoms with E-state index in [-0.39, 0.29) is 11.3 Å². The van der Waals surface area contributed by atoms with E-state index in [4.69, 9.17) is 16.3 Å². The summed E-state index contributed by atoms with van der Waals surface area (Å²) in [5.74, 6) is 0.480. The SMILES string of the molecule is CCCOc1nc(Cl)nc(N(C)Cc2ccncc2)n1. The van der Waals surface area contributed by atoms with Crippen molar-refractivity contribution in [1.82, 2.24) is 19.9 Å². The fraction of sp³-hybridized carbons (Fsp3) is 0.385. The van der Waals surface area contributed by atoms with Gasteiger partial charge in [0.05, 0.1) is 6.61 Å². The highest BCUT2D eigenvalue weighted by molar-refractivity contribution is 6.28. The molecule has 0 amide bonds. The van der Waals surface area contributed by atoms with Crippen LogP contribution in [0.5, 0.6) is 6.01 Å². The number of ether oxygens (including phenoxy) is 1. The Morgan fingerprint density at radius 3 is 2.65 bits per heavy atom. The molecule has 2 rings (SSSR count). The average Bonchev–Trinajstić information content (AvgIpc) is 2.45. The van der Waals surface area contributed by atoms with E-state index in [1.54, 1.807) is 12.4 Å². The molecule has 20 heavy (non-hydrogen) atoms. The highest BCUT2D eigenvalue weighted by Crippen LogP contribution is 2.16. The molecule has 0 saturated heterocycles. The summed E-state index contributed by atoms with van der Waals surface area (Å²) in [6.07, 6.45) is 4.38. The van der Waals surface area contributed by atoms with Gasteiger partial charge in [-0.2, -0.15) is 15.0 Å². The van der Waals surface area contributed by atoms with Gasteiger partial charge in [0, 0.05) is 26.0 Å². The van der Waals surface area contributed by atoms with Crippen LogP contribution in [0.2, 0.25) is 5.28 Å². The molecule has 0 radical (unpaired) electrons. The molecule has 0 aliphatic heterocycles. The molecule has 0 saturated carbocycles. The summed E-state index contributed by atoms with van der Waals surface area (Å²) in [5.41, 5.74) is 1.11. The molecule has 106 valence electrons. The Bertz CT molecular complexity index is 552. The molecular formula is C13H16ClN5O. The predicted octanol–water partition coefficient (Wildman–Crippen LogP) is 2.35. The van der Waals surface area contributed by atoms with Gasteiger partial charge in [0.15, 0.2) is 0 Å². The first-order valence-corrected chi connectivity index (χ1v) is 6.71. The summed E-state index contributed by atoms with van der Waals surface area (Å²) in [4.78, 5) is 18.2. The molecule has 0 aliphatic carbocycles. The van der Waals surface area contributed by atoms with E-state index >= 15 is 0 Å². The first-order valence-electron chi connectivity index (χ1n) is 6.33. The molecular weight excluding hydrogens is 278 g/mol. The Labute approximate surface area is 122 Å². The van der Waals surface area contributed by atoms with Crippen LogP contribution in [0.1, 0.15) is 18.9 Å². The number of halogens is 1. The van der Waals surface area contributed by atoms with Gasteiger partial charge in [-0.05, 0) is 35.7 Å². The van der Waals surface area contributed by atoms with Gasteiger partial charge >= 0.3 is 6.01 Å². The smallest absolute Gasteiger partial charge is 0.322 e. The van der Waals surface area contributed by atoms with E-state index in [0.717, 1.165) is 12.0 Å². The third kappa shape index (κ3) is 4.03. The summed E-state index contributed by atoms with van der Waals surface area (Å²) in [6.45, 7) is 3.21. The Morgan fingerprint density at radius 1 is 1.20 bits per heavy atom. The quantitative estimate of drug-likeness (QED) is 0.814. The lowest BCUT2D eigenvalue weighted by atomic mass is 10.2. The molecule has 0 N–H and O–H groups in total. The highest BCUT2D eigenvalue weighted by Gasteiger charge is 2.10. The van der Waals surface area contributed by atoms with Crippen molar-refractivity contribution in [2.45, 2.75) is 19.9 Å². The van der Waals surface area contributed by atoms with Gasteiger partial charge in [-0.15, -0.1) is 0 Å². The van der Waals surface area contributed by atoms with Crippen LogP contribution >= 0.6 is 11.6 Å². The third-order valence-electron chi connectivity index (χ3n) is 2.52. The van der Waals surface area contributed by atoms with Gasteiger partial charge in [-0.3, -0.25) is 4.98 Å². The van der Waals surface area contributed by atoms with E-state index in [9.17, 15) is 0 Å². The van der Waals surface area contributed by atoms with Gasteiger partial charge in [-0.1, -0.05) is 6.92 Å². The van der Waals surface area contributed by atoms with Crippen molar-refractivity contribution in [2.24, 2.45) is 0 Å². The van der Waals surface area contributed by atoms with Gasteiger partial charge in [-0.25, -0.2) is 0 Å². The number of hydrogen-bond donors (Lipinski definition) is 0. The standard InChI is InChI=1S/C13H16ClN5O/c1-3-8-20-13-17-11(14)16-12(18-13)19(2)9-10-4-6-15-7-5-10/h4-7H,3,8-9H2,1-2H3. The number of nitrogens with zero attached hydrogens (tertiary/aromatic N) is 5. The molecule has 0 spiro atoms. The van der Waals surface area contributed by atoms with E-state index in [2.05, 4.69) is 19.9 Å². The molecule has 2 aromatic heterocycles. The van der Waals surface area contributed by atoms with Crippen molar-refractivity contribution in [3.05, 3.63) is 35.4 Å². The normalized spacial score (nSPS) is 10.3. The minimum Gasteiger partial charge on any atom is -0.463 e. The number of hydrogen-bond acceptors (Lipinski definition) is 6. The van der Waals surface area contributed by atoms with Crippen molar-refractivity contribution in [3.8, 4) is 6.01 Å². The van der Waals surface area contributed by atoms with Crippen LogP contribution in [0.3, 0.4) is 0 Å². The van der Waals surface area contributed by atoms with Gasteiger partial charge in [0.1, 0.15) is 0 Å². The van der Waals surface area contributed by atoms with Crippen LogP contribution in [-0.2, 0) is 6.54 Å². The Kier molecular flexibility index (Phi) is 5.06. The monoisotopic (exact) mass is 293 g/mol. The maximum Gasteiger partial charge on any atom is 0.322 e. The third-order valence-corrected chi connectivity index (χ3v) is 2.69. The minimum absolute atomic E-state index is 0.127. The van der Waals surface area contributed by atoms with E-state index < -0.39 is 0 Å². The minimum atomic E-state index is 0.127. The van der Waals surface area contributed by atoms with Crippen LogP contribution in [0.25, 0.3) is 0 Å². The molecule has 2 heterocycles. The zero-order valence-corrected chi connectivity index (χ0v) is 12.2. The highest BCUT2D eigenvalue weighted by atomic mass is 35.5. The zero-order valence-electron chi connectivity index (χ0n) is 11.5. The second kappa shape index (κ2) is 7.00. The van der Waals surface area contributed by atoms with Crippen LogP contribution in [0.15, 0.2) is 24.5 Å². The van der Waals surface area contributed by atoms with Gasteiger partial charge < -0.3 is 9.64 Å².